The molecule has 8 nitrogen and oxygen atoms in total. The van der Waals surface area contributed by atoms with Gasteiger partial charge in [0.1, 0.15) is 23.8 Å². The molecular weight excluding hydrogens is 414 g/mol. The standard InChI is InChI=1S/C25H21N7O/c1-16-12-31(15-26-16)22-10-9-18(11-23(22)33-2)21-13-32(30-29-21)14-24-27-19-7-3-5-17-6-4-8-20(28-24)25(17)19/h3-13,15H,14H2,1-2H3,(H,27,28). The van der Waals surface area contributed by atoms with Crippen LogP contribution < -0.4 is 10.1 Å². The molecule has 0 fully saturated rings. The smallest absolute Gasteiger partial charge is 0.143 e. The molecule has 0 saturated heterocycles. The van der Waals surface area contributed by atoms with E-state index in [9.17, 15) is 0 Å². The molecule has 0 unspecified atom stereocenters. The van der Waals surface area contributed by atoms with E-state index in [1.807, 2.05) is 60.3 Å². The molecule has 0 bridgehead atoms. The number of ether oxygens (including phenoxy) is 1. The van der Waals surface area contributed by atoms with Crippen LogP contribution in [-0.2, 0) is 6.54 Å². The predicted octanol–water partition coefficient (Wildman–Crippen LogP) is 4.76. The third-order valence-electron chi connectivity index (χ3n) is 5.73. The van der Waals surface area contributed by atoms with Crippen molar-refractivity contribution in [3.63, 3.8) is 0 Å². The van der Waals surface area contributed by atoms with E-state index in [0.717, 1.165) is 51.0 Å². The number of anilines is 1. The van der Waals surface area contributed by atoms with Gasteiger partial charge in [-0.2, -0.15) is 0 Å². The lowest BCUT2D eigenvalue weighted by Crippen LogP contribution is -2.21. The number of methoxy groups -OCH3 is 1. The lowest BCUT2D eigenvalue weighted by molar-refractivity contribution is 0.413. The molecule has 8 heteroatoms. The first-order valence-corrected chi connectivity index (χ1v) is 10.6. The number of nitrogens with zero attached hydrogens (tertiary/aromatic N) is 6. The topological polar surface area (TPSA) is 82.1 Å². The number of rotatable bonds is 5. The first-order chi connectivity index (χ1) is 16.2. The molecule has 2 aromatic heterocycles. The van der Waals surface area contributed by atoms with Gasteiger partial charge in [-0.05, 0) is 36.6 Å². The second kappa shape index (κ2) is 7.59. The van der Waals surface area contributed by atoms with Crippen molar-refractivity contribution in [2.24, 2.45) is 4.99 Å². The summed E-state index contributed by atoms with van der Waals surface area (Å²) >= 11 is 0. The molecule has 3 heterocycles. The highest BCUT2D eigenvalue weighted by atomic mass is 16.5. The van der Waals surface area contributed by atoms with Crippen LogP contribution in [0.25, 0.3) is 27.7 Å². The Labute approximate surface area is 190 Å². The fourth-order valence-corrected chi connectivity index (χ4v) is 4.19. The lowest BCUT2D eigenvalue weighted by atomic mass is 10.1. The minimum Gasteiger partial charge on any atom is -0.495 e. The number of aliphatic imine (C=N–C) groups is 1. The van der Waals surface area contributed by atoms with Gasteiger partial charge in [-0.25, -0.2) is 14.7 Å². The van der Waals surface area contributed by atoms with Crippen LogP contribution in [0.2, 0.25) is 0 Å². The van der Waals surface area contributed by atoms with Crippen LogP contribution in [0.15, 0.2) is 78.3 Å². The maximum Gasteiger partial charge on any atom is 0.143 e. The van der Waals surface area contributed by atoms with E-state index in [-0.39, 0.29) is 0 Å². The van der Waals surface area contributed by atoms with Crippen LogP contribution in [0.5, 0.6) is 5.75 Å². The second-order valence-electron chi connectivity index (χ2n) is 7.97. The van der Waals surface area contributed by atoms with E-state index >= 15 is 0 Å². The normalized spacial score (nSPS) is 12.5. The Morgan fingerprint density at radius 2 is 1.91 bits per heavy atom. The zero-order valence-electron chi connectivity index (χ0n) is 18.2. The third-order valence-corrected chi connectivity index (χ3v) is 5.73. The molecule has 0 amide bonds. The van der Waals surface area contributed by atoms with Gasteiger partial charge < -0.3 is 14.6 Å². The molecule has 1 aliphatic heterocycles. The number of hydrogen-bond donors (Lipinski definition) is 1. The lowest BCUT2D eigenvalue weighted by Gasteiger charge is -2.18. The molecule has 1 aliphatic rings. The van der Waals surface area contributed by atoms with Gasteiger partial charge in [-0.15, -0.1) is 5.10 Å². The number of hydrogen-bond acceptors (Lipinski definition) is 6. The van der Waals surface area contributed by atoms with Crippen LogP contribution >= 0.6 is 0 Å². The second-order valence-corrected chi connectivity index (χ2v) is 7.97. The van der Waals surface area contributed by atoms with E-state index in [1.54, 1.807) is 18.1 Å². The van der Waals surface area contributed by atoms with Crippen molar-refractivity contribution in [3.8, 4) is 22.7 Å². The van der Waals surface area contributed by atoms with E-state index in [4.69, 9.17) is 9.73 Å². The summed E-state index contributed by atoms with van der Waals surface area (Å²) < 4.78 is 9.36. The minimum absolute atomic E-state index is 0.487. The first-order valence-electron chi connectivity index (χ1n) is 10.6. The summed E-state index contributed by atoms with van der Waals surface area (Å²) in [4.78, 5) is 9.10. The van der Waals surface area contributed by atoms with Crippen molar-refractivity contribution in [2.45, 2.75) is 13.5 Å². The molecule has 33 heavy (non-hydrogen) atoms. The van der Waals surface area contributed by atoms with Crippen molar-refractivity contribution < 1.29 is 4.74 Å². The van der Waals surface area contributed by atoms with Crippen LogP contribution in [0.1, 0.15) is 5.69 Å². The van der Waals surface area contributed by atoms with E-state index < -0.39 is 0 Å². The summed E-state index contributed by atoms with van der Waals surface area (Å²) in [6.45, 7) is 2.45. The SMILES string of the molecule is COc1cc(-c2cn(CC3=Nc4cccc5cccc(c45)N3)nn2)ccc1-n1cnc(C)c1. The highest BCUT2D eigenvalue weighted by Gasteiger charge is 2.16. The van der Waals surface area contributed by atoms with Gasteiger partial charge in [-0.3, -0.25) is 0 Å². The first kappa shape index (κ1) is 19.2. The third kappa shape index (κ3) is 3.41. The van der Waals surface area contributed by atoms with Crippen molar-refractivity contribution in [2.75, 3.05) is 12.4 Å². The van der Waals surface area contributed by atoms with E-state index in [0.29, 0.717) is 6.54 Å². The van der Waals surface area contributed by atoms with E-state index in [2.05, 4.69) is 38.8 Å². The number of aryl methyl sites for hydroxylation is 1. The van der Waals surface area contributed by atoms with Gasteiger partial charge in [-0.1, -0.05) is 35.5 Å². The average molecular weight is 435 g/mol. The van der Waals surface area contributed by atoms with Crippen molar-refractivity contribution in [1.82, 2.24) is 24.5 Å². The van der Waals surface area contributed by atoms with Gasteiger partial charge in [0.05, 0.1) is 36.7 Å². The molecule has 0 atom stereocenters. The monoisotopic (exact) mass is 435 g/mol. The minimum atomic E-state index is 0.487. The summed E-state index contributed by atoms with van der Waals surface area (Å²) in [6, 6.07) is 18.4. The largest absolute Gasteiger partial charge is 0.495 e. The van der Waals surface area contributed by atoms with Crippen molar-refractivity contribution in [3.05, 3.63) is 79.0 Å². The van der Waals surface area contributed by atoms with Crippen LogP contribution in [-0.4, -0.2) is 37.5 Å². The van der Waals surface area contributed by atoms with Crippen LogP contribution in [0.3, 0.4) is 0 Å². The number of aromatic nitrogens is 5. The van der Waals surface area contributed by atoms with Gasteiger partial charge in [0.25, 0.3) is 0 Å². The maximum atomic E-state index is 5.63. The number of imidazole rings is 1. The van der Waals surface area contributed by atoms with E-state index in [1.165, 1.54) is 5.39 Å². The zero-order chi connectivity index (χ0) is 22.4. The Bertz CT molecular complexity index is 1520. The Kier molecular flexibility index (Phi) is 4.43. The molecule has 0 radical (unpaired) electrons. The molecule has 5 aromatic rings. The van der Waals surface area contributed by atoms with Crippen molar-refractivity contribution >= 4 is 28.0 Å². The fourth-order valence-electron chi connectivity index (χ4n) is 4.19. The number of amidine groups is 1. The zero-order valence-corrected chi connectivity index (χ0v) is 18.2. The van der Waals surface area contributed by atoms with Gasteiger partial charge >= 0.3 is 0 Å². The predicted molar refractivity (Wildman–Crippen MR) is 129 cm³/mol. The summed E-state index contributed by atoms with van der Waals surface area (Å²) in [6.07, 6.45) is 5.66. The van der Waals surface area contributed by atoms with Gasteiger partial charge in [0.15, 0.2) is 0 Å². The molecule has 3 aromatic carbocycles. The summed E-state index contributed by atoms with van der Waals surface area (Å²) in [5.41, 5.74) is 5.58. The molecule has 162 valence electrons. The molecule has 1 N–H and O–H groups in total. The van der Waals surface area contributed by atoms with Gasteiger partial charge in [0, 0.05) is 22.8 Å². The van der Waals surface area contributed by atoms with Crippen LogP contribution in [0.4, 0.5) is 11.4 Å². The maximum absolute atomic E-state index is 5.63. The molecule has 0 aliphatic carbocycles. The Morgan fingerprint density at radius 1 is 1.03 bits per heavy atom. The number of benzene rings is 3. The molecule has 0 spiro atoms. The highest BCUT2D eigenvalue weighted by Crippen LogP contribution is 2.35. The highest BCUT2D eigenvalue weighted by molar-refractivity contribution is 6.13. The summed E-state index contributed by atoms with van der Waals surface area (Å²) in [7, 11) is 1.66. The van der Waals surface area contributed by atoms with Gasteiger partial charge in [0.2, 0.25) is 0 Å². The quantitative estimate of drug-likeness (QED) is 0.431. The molecular formula is C25H21N7O. The van der Waals surface area contributed by atoms with Crippen molar-refractivity contribution in [1.29, 1.82) is 0 Å². The summed E-state index contributed by atoms with van der Waals surface area (Å²) in [5.74, 6) is 1.56. The van der Waals surface area contributed by atoms with Crippen LogP contribution in [0, 0.1) is 6.92 Å². The molecule has 0 saturated carbocycles. The fraction of sp³-hybridized carbons (Fsp3) is 0.120. The Morgan fingerprint density at radius 3 is 2.73 bits per heavy atom. The molecule has 6 rings (SSSR count). The summed E-state index contributed by atoms with van der Waals surface area (Å²) in [5, 5.41) is 14.4. The average Bonchev–Trinajstić information content (AvgIpc) is 3.48. The Hall–Kier alpha value is -4.46. The number of nitrogens with one attached hydrogen (secondary N) is 1. The Balaban J connectivity index is 1.28.